The first-order valence-electron chi connectivity index (χ1n) is 11.5. The first kappa shape index (κ1) is 29.0. The van der Waals surface area contributed by atoms with Crippen LogP contribution in [0.2, 0.25) is 0 Å². The number of H-pyrrole nitrogens is 1. The zero-order chi connectivity index (χ0) is 25.5. The fourth-order valence-corrected chi connectivity index (χ4v) is 3.19. The van der Waals surface area contributed by atoms with Gasteiger partial charge in [0.25, 0.3) is 0 Å². The molecule has 13 nitrogen and oxygen atoms in total. The molecule has 4 atom stereocenters. The minimum absolute atomic E-state index is 0.0451. The Bertz CT molecular complexity index is 771. The highest BCUT2D eigenvalue weighted by Crippen LogP contribution is 2.07. The largest absolute Gasteiger partial charge is 0.480 e. The number of nitrogens with one attached hydrogen (secondary N) is 4. The number of carboxylic acids is 1. The van der Waals surface area contributed by atoms with Gasteiger partial charge in [-0.15, -0.1) is 0 Å². The van der Waals surface area contributed by atoms with Crippen LogP contribution in [0, 0.1) is 0 Å². The molecule has 34 heavy (non-hydrogen) atoms. The van der Waals surface area contributed by atoms with Gasteiger partial charge in [-0.25, -0.2) is 9.78 Å². The van der Waals surface area contributed by atoms with E-state index in [2.05, 4.69) is 25.9 Å². The molecule has 0 aliphatic carbocycles. The molecule has 11 N–H and O–H groups in total. The minimum Gasteiger partial charge on any atom is -0.480 e. The summed E-state index contributed by atoms with van der Waals surface area (Å²) in [7, 11) is 0. The van der Waals surface area contributed by atoms with Gasteiger partial charge in [0.15, 0.2) is 0 Å². The van der Waals surface area contributed by atoms with E-state index in [9.17, 15) is 24.3 Å². The summed E-state index contributed by atoms with van der Waals surface area (Å²) >= 11 is 0. The topological polar surface area (TPSA) is 231 Å². The molecular weight excluding hydrogens is 444 g/mol. The fraction of sp³-hybridized carbons (Fsp3) is 0.667. The van der Waals surface area contributed by atoms with Crippen molar-refractivity contribution in [1.82, 2.24) is 25.9 Å². The molecule has 0 aliphatic rings. The number of aromatic nitrogens is 2. The van der Waals surface area contributed by atoms with Gasteiger partial charge in [-0.05, 0) is 58.5 Å². The van der Waals surface area contributed by atoms with Crippen LogP contribution in [-0.4, -0.2) is 76.0 Å². The van der Waals surface area contributed by atoms with Crippen LogP contribution in [0.25, 0.3) is 0 Å². The van der Waals surface area contributed by atoms with E-state index in [1.165, 1.54) is 19.4 Å². The molecule has 0 saturated carbocycles. The van der Waals surface area contributed by atoms with Gasteiger partial charge < -0.3 is 43.2 Å². The second-order valence-corrected chi connectivity index (χ2v) is 8.16. The second kappa shape index (κ2) is 15.7. The lowest BCUT2D eigenvalue weighted by Crippen LogP contribution is -2.57. The second-order valence-electron chi connectivity index (χ2n) is 8.16. The van der Waals surface area contributed by atoms with Gasteiger partial charge in [-0.1, -0.05) is 0 Å². The maximum Gasteiger partial charge on any atom is 0.326 e. The fourth-order valence-electron chi connectivity index (χ4n) is 3.19. The van der Waals surface area contributed by atoms with Crippen molar-refractivity contribution >= 4 is 23.7 Å². The number of aliphatic carboxylic acids is 1. The molecule has 0 bridgehead atoms. The van der Waals surface area contributed by atoms with Crippen molar-refractivity contribution in [3.8, 4) is 0 Å². The molecule has 4 unspecified atom stereocenters. The third-order valence-corrected chi connectivity index (χ3v) is 5.17. The number of imidazole rings is 1. The van der Waals surface area contributed by atoms with Crippen molar-refractivity contribution in [2.45, 2.75) is 76.0 Å². The molecule has 192 valence electrons. The molecule has 0 saturated heterocycles. The summed E-state index contributed by atoms with van der Waals surface area (Å²) in [6.07, 6.45) is 5.85. The lowest BCUT2D eigenvalue weighted by atomic mass is 10.0. The number of aromatic amines is 1. The van der Waals surface area contributed by atoms with Crippen molar-refractivity contribution in [3.05, 3.63) is 18.2 Å². The van der Waals surface area contributed by atoms with E-state index in [0.717, 1.165) is 0 Å². The van der Waals surface area contributed by atoms with Gasteiger partial charge in [0.2, 0.25) is 17.7 Å². The number of carbonyl (C=O) groups is 4. The number of unbranched alkanes of at least 4 members (excludes halogenated alkanes) is 2. The van der Waals surface area contributed by atoms with Crippen molar-refractivity contribution in [2.24, 2.45) is 17.2 Å². The molecule has 0 radical (unpaired) electrons. The highest BCUT2D eigenvalue weighted by molar-refractivity contribution is 5.94. The smallest absolute Gasteiger partial charge is 0.326 e. The summed E-state index contributed by atoms with van der Waals surface area (Å²) in [5.41, 5.74) is 17.2. The summed E-state index contributed by atoms with van der Waals surface area (Å²) in [4.78, 5) is 56.5. The zero-order valence-electron chi connectivity index (χ0n) is 19.6. The maximum absolute atomic E-state index is 13.0. The highest BCUT2D eigenvalue weighted by atomic mass is 16.4. The molecule has 0 aromatic carbocycles. The standard InChI is InChI=1S/C21H38N8O5/c1-13(24)18(30)27-15(6-2-4-8-22)19(31)29-17(10-14-11-25-12-26-14)20(32)28-16(21(33)34)7-3-5-9-23/h11-13,15-17H,2-10,22-24H2,1H3,(H,25,26)(H,27,30)(H,28,32)(H,29,31)(H,33,34). The predicted molar refractivity (Wildman–Crippen MR) is 125 cm³/mol. The maximum atomic E-state index is 13.0. The molecule has 1 aromatic rings. The van der Waals surface area contributed by atoms with Crippen LogP contribution in [-0.2, 0) is 25.6 Å². The molecule has 1 rings (SSSR count). The first-order chi connectivity index (χ1) is 16.2. The minimum atomic E-state index is -1.18. The number of carbonyl (C=O) groups excluding carboxylic acids is 3. The van der Waals surface area contributed by atoms with Gasteiger partial charge in [-0.3, -0.25) is 14.4 Å². The number of nitrogens with two attached hydrogens (primary N) is 3. The highest BCUT2D eigenvalue weighted by Gasteiger charge is 2.30. The molecule has 3 amide bonds. The Morgan fingerprint density at radius 2 is 1.44 bits per heavy atom. The van der Waals surface area contributed by atoms with Crippen LogP contribution in [0.5, 0.6) is 0 Å². The molecule has 0 fully saturated rings. The summed E-state index contributed by atoms with van der Waals surface area (Å²) in [6, 6.07) is -3.98. The van der Waals surface area contributed by atoms with Gasteiger partial charge in [0.1, 0.15) is 18.1 Å². The Labute approximate surface area is 199 Å². The van der Waals surface area contributed by atoms with E-state index in [1.54, 1.807) is 0 Å². The van der Waals surface area contributed by atoms with Crippen LogP contribution in [0.3, 0.4) is 0 Å². The summed E-state index contributed by atoms with van der Waals surface area (Å²) in [5, 5.41) is 17.2. The van der Waals surface area contributed by atoms with Gasteiger partial charge in [0, 0.05) is 18.3 Å². The molecule has 0 spiro atoms. The first-order valence-corrected chi connectivity index (χ1v) is 11.5. The van der Waals surface area contributed by atoms with Crippen molar-refractivity contribution in [1.29, 1.82) is 0 Å². The van der Waals surface area contributed by atoms with Gasteiger partial charge in [-0.2, -0.15) is 0 Å². The predicted octanol–water partition coefficient (Wildman–Crippen LogP) is -1.90. The van der Waals surface area contributed by atoms with Gasteiger partial charge >= 0.3 is 5.97 Å². The van der Waals surface area contributed by atoms with Crippen LogP contribution < -0.4 is 33.2 Å². The van der Waals surface area contributed by atoms with E-state index in [0.29, 0.717) is 50.9 Å². The molecule has 0 aliphatic heterocycles. The molecule has 13 heteroatoms. The normalized spacial score (nSPS) is 14.5. The Balaban J connectivity index is 2.99. The Hall–Kier alpha value is -3.03. The number of carboxylic acid groups (broad SMARTS) is 1. The quantitative estimate of drug-likeness (QED) is 0.116. The van der Waals surface area contributed by atoms with Crippen molar-refractivity contribution in [3.63, 3.8) is 0 Å². The third-order valence-electron chi connectivity index (χ3n) is 5.17. The van der Waals surface area contributed by atoms with E-state index >= 15 is 0 Å². The van der Waals surface area contributed by atoms with Crippen molar-refractivity contribution < 1.29 is 24.3 Å². The Morgan fingerprint density at radius 1 is 0.912 bits per heavy atom. The average Bonchev–Trinajstić information content (AvgIpc) is 3.30. The summed E-state index contributed by atoms with van der Waals surface area (Å²) in [5.74, 6) is -2.93. The van der Waals surface area contributed by atoms with Crippen molar-refractivity contribution in [2.75, 3.05) is 13.1 Å². The number of amides is 3. The number of rotatable bonds is 17. The molecule has 1 aromatic heterocycles. The van der Waals surface area contributed by atoms with E-state index in [4.69, 9.17) is 17.2 Å². The zero-order valence-corrected chi connectivity index (χ0v) is 19.6. The lowest BCUT2D eigenvalue weighted by molar-refractivity contribution is -0.142. The SMILES string of the molecule is CC(N)C(=O)NC(CCCCN)C(=O)NC(Cc1cnc[nH]1)C(=O)NC(CCCCN)C(=O)O. The number of nitrogens with zero attached hydrogens (tertiary/aromatic N) is 1. The van der Waals surface area contributed by atoms with Crippen LogP contribution in [0.4, 0.5) is 0 Å². The molecule has 1 heterocycles. The lowest BCUT2D eigenvalue weighted by Gasteiger charge is -2.25. The Morgan fingerprint density at radius 3 is 1.94 bits per heavy atom. The van der Waals surface area contributed by atoms with E-state index in [-0.39, 0.29) is 12.8 Å². The van der Waals surface area contributed by atoms with Crippen LogP contribution in [0.1, 0.15) is 51.1 Å². The third kappa shape index (κ3) is 10.7. The van der Waals surface area contributed by atoms with Crippen LogP contribution in [0.15, 0.2) is 12.5 Å². The Kier molecular flexibility index (Phi) is 13.4. The molecular formula is C21H38N8O5. The van der Waals surface area contributed by atoms with E-state index in [1.807, 2.05) is 0 Å². The number of hydrogen-bond acceptors (Lipinski definition) is 8. The summed E-state index contributed by atoms with van der Waals surface area (Å²) in [6.45, 7) is 2.34. The monoisotopic (exact) mass is 482 g/mol. The van der Waals surface area contributed by atoms with E-state index < -0.39 is 47.9 Å². The summed E-state index contributed by atoms with van der Waals surface area (Å²) < 4.78 is 0. The van der Waals surface area contributed by atoms with Crippen LogP contribution >= 0.6 is 0 Å². The van der Waals surface area contributed by atoms with Gasteiger partial charge in [0.05, 0.1) is 12.4 Å². The average molecular weight is 483 g/mol. The number of hydrogen-bond donors (Lipinski definition) is 8.